The number of rotatable bonds is 4. The lowest BCUT2D eigenvalue weighted by molar-refractivity contribution is -0.0688. The number of nitrogens with zero attached hydrogens (tertiary/aromatic N) is 2. The summed E-state index contributed by atoms with van der Waals surface area (Å²) in [6.07, 6.45) is 6.38. The Morgan fingerprint density at radius 1 is 1.40 bits per heavy atom. The van der Waals surface area contributed by atoms with Gasteiger partial charge in [0, 0.05) is 24.6 Å². The van der Waals surface area contributed by atoms with E-state index in [0.717, 1.165) is 37.4 Å². The minimum absolute atomic E-state index is 0.0155. The van der Waals surface area contributed by atoms with Crippen LogP contribution in [-0.4, -0.2) is 45.4 Å². The fraction of sp³-hybridized carbons (Fsp3) is 0.474. The molecule has 1 aromatic carbocycles. The first-order chi connectivity index (χ1) is 12.2. The summed E-state index contributed by atoms with van der Waals surface area (Å²) in [6.45, 7) is 1.41. The van der Waals surface area contributed by atoms with Gasteiger partial charge < -0.3 is 10.1 Å². The molecule has 2 saturated heterocycles. The summed E-state index contributed by atoms with van der Waals surface area (Å²) in [6, 6.07) is 10.3. The van der Waals surface area contributed by atoms with E-state index in [4.69, 9.17) is 4.74 Å². The predicted octanol–water partition coefficient (Wildman–Crippen LogP) is 2.72. The molecule has 132 valence electrons. The number of nitrogens with one attached hydrogen (secondary N) is 1. The monoisotopic (exact) mass is 357 g/mol. The zero-order valence-electron chi connectivity index (χ0n) is 14.2. The molecule has 2 aliphatic rings. The quantitative estimate of drug-likeness (QED) is 0.914. The summed E-state index contributed by atoms with van der Waals surface area (Å²) in [5, 5.41) is 7.51. The van der Waals surface area contributed by atoms with Gasteiger partial charge in [-0.2, -0.15) is 16.9 Å². The number of hydrogen-bond acceptors (Lipinski definition) is 4. The number of thioether (sulfide) groups is 1. The maximum absolute atomic E-state index is 12.6. The van der Waals surface area contributed by atoms with Crippen molar-refractivity contribution >= 4 is 17.7 Å². The molecule has 1 amide bonds. The Bertz CT molecular complexity index is 725. The molecule has 0 saturated carbocycles. The van der Waals surface area contributed by atoms with Gasteiger partial charge in [-0.25, -0.2) is 0 Å². The molecule has 25 heavy (non-hydrogen) atoms. The van der Waals surface area contributed by atoms with Gasteiger partial charge in [-0.15, -0.1) is 0 Å². The molecule has 2 fully saturated rings. The van der Waals surface area contributed by atoms with E-state index < -0.39 is 0 Å². The van der Waals surface area contributed by atoms with Crippen LogP contribution >= 0.6 is 11.8 Å². The van der Waals surface area contributed by atoms with Gasteiger partial charge in [0.15, 0.2) is 0 Å². The highest BCUT2D eigenvalue weighted by atomic mass is 32.2. The molecule has 2 aliphatic heterocycles. The van der Waals surface area contributed by atoms with Crippen molar-refractivity contribution in [3.05, 3.63) is 53.9 Å². The number of aromatic nitrogens is 2. The smallest absolute Gasteiger partial charge is 0.254 e. The molecule has 1 spiro atoms. The van der Waals surface area contributed by atoms with Gasteiger partial charge in [0.2, 0.25) is 0 Å². The van der Waals surface area contributed by atoms with Crippen LogP contribution in [0.25, 0.3) is 0 Å². The Balaban J connectivity index is 1.36. The third-order valence-corrected chi connectivity index (χ3v) is 6.20. The lowest BCUT2D eigenvalue weighted by atomic mass is 9.90. The molecule has 0 aliphatic carbocycles. The molecular formula is C19H23N3O2S. The van der Waals surface area contributed by atoms with E-state index in [2.05, 4.69) is 22.5 Å². The van der Waals surface area contributed by atoms with E-state index in [0.29, 0.717) is 12.1 Å². The largest absolute Gasteiger partial charge is 0.374 e. The Hall–Kier alpha value is -1.79. The summed E-state index contributed by atoms with van der Waals surface area (Å²) in [5.74, 6) is 2.17. The summed E-state index contributed by atoms with van der Waals surface area (Å²) in [5.41, 5.74) is 1.78. The van der Waals surface area contributed by atoms with Crippen molar-refractivity contribution in [3.63, 3.8) is 0 Å². The van der Waals surface area contributed by atoms with Crippen molar-refractivity contribution in [1.82, 2.24) is 15.1 Å². The van der Waals surface area contributed by atoms with Gasteiger partial charge in [-0.3, -0.25) is 9.48 Å². The van der Waals surface area contributed by atoms with Gasteiger partial charge in [0.1, 0.15) is 0 Å². The van der Waals surface area contributed by atoms with Crippen LogP contribution in [0.2, 0.25) is 0 Å². The third-order valence-electron chi connectivity index (χ3n) is 4.98. The Labute approximate surface area is 152 Å². The number of carbonyl (C=O) groups excluding carboxylic acids is 1. The summed E-state index contributed by atoms with van der Waals surface area (Å²) >= 11 is 1.95. The molecule has 2 atom stereocenters. The van der Waals surface area contributed by atoms with E-state index in [1.54, 1.807) is 6.20 Å². The average Bonchev–Trinajstić information content (AvgIpc) is 3.26. The van der Waals surface area contributed by atoms with Gasteiger partial charge in [0.25, 0.3) is 5.91 Å². The molecule has 5 nitrogen and oxygen atoms in total. The topological polar surface area (TPSA) is 56.1 Å². The van der Waals surface area contributed by atoms with Crippen LogP contribution < -0.4 is 5.32 Å². The fourth-order valence-electron chi connectivity index (χ4n) is 3.62. The highest BCUT2D eigenvalue weighted by Gasteiger charge is 2.40. The van der Waals surface area contributed by atoms with Crippen molar-refractivity contribution in [2.45, 2.75) is 37.5 Å². The molecule has 4 rings (SSSR count). The maximum atomic E-state index is 12.6. The molecule has 6 heteroatoms. The number of benzene rings is 1. The Morgan fingerprint density at radius 2 is 2.28 bits per heavy atom. The van der Waals surface area contributed by atoms with Crippen LogP contribution in [0.15, 0.2) is 42.7 Å². The van der Waals surface area contributed by atoms with Crippen LogP contribution in [0.3, 0.4) is 0 Å². The summed E-state index contributed by atoms with van der Waals surface area (Å²) in [4.78, 5) is 12.6. The molecule has 0 radical (unpaired) electrons. The maximum Gasteiger partial charge on any atom is 0.254 e. The lowest BCUT2D eigenvalue weighted by Crippen LogP contribution is -2.48. The molecule has 0 bridgehead atoms. The van der Waals surface area contributed by atoms with Gasteiger partial charge in [-0.05, 0) is 30.6 Å². The normalized spacial score (nSPS) is 26.0. The standard InChI is InChI=1S/C19H23N3O2S/c23-18(21-17-6-8-24-19(10-17)7-9-25-14-19)16-11-20-22(13-16)12-15-4-2-1-3-5-15/h1-5,11,13,17H,6-10,12,14H2,(H,21,23). The van der Waals surface area contributed by atoms with Crippen molar-refractivity contribution in [2.24, 2.45) is 0 Å². The second-order valence-corrected chi connectivity index (χ2v) is 8.01. The van der Waals surface area contributed by atoms with E-state index in [9.17, 15) is 4.79 Å². The van der Waals surface area contributed by atoms with Crippen LogP contribution in [0.4, 0.5) is 0 Å². The zero-order valence-corrected chi connectivity index (χ0v) is 15.0. The number of carbonyl (C=O) groups is 1. The Kier molecular flexibility index (Phi) is 4.81. The van der Waals surface area contributed by atoms with E-state index >= 15 is 0 Å². The van der Waals surface area contributed by atoms with Crippen LogP contribution in [0, 0.1) is 0 Å². The highest BCUT2D eigenvalue weighted by molar-refractivity contribution is 7.99. The SMILES string of the molecule is O=C(NC1CCOC2(CCSC2)C1)c1cnn(Cc2ccccc2)c1. The molecular weight excluding hydrogens is 334 g/mol. The first-order valence-corrected chi connectivity index (χ1v) is 9.97. The minimum Gasteiger partial charge on any atom is -0.374 e. The second kappa shape index (κ2) is 7.22. The van der Waals surface area contributed by atoms with E-state index in [1.165, 1.54) is 5.56 Å². The van der Waals surface area contributed by atoms with Crippen molar-refractivity contribution in [3.8, 4) is 0 Å². The molecule has 2 unspecified atom stereocenters. The zero-order chi connectivity index (χ0) is 17.1. The van der Waals surface area contributed by atoms with Crippen LogP contribution in [0.1, 0.15) is 35.2 Å². The third kappa shape index (κ3) is 3.90. The average molecular weight is 357 g/mol. The van der Waals surface area contributed by atoms with Crippen LogP contribution in [-0.2, 0) is 11.3 Å². The predicted molar refractivity (Wildman–Crippen MR) is 98.9 cm³/mol. The number of hydrogen-bond donors (Lipinski definition) is 1. The van der Waals surface area contributed by atoms with E-state index in [1.807, 2.05) is 40.8 Å². The Morgan fingerprint density at radius 3 is 3.08 bits per heavy atom. The first-order valence-electron chi connectivity index (χ1n) is 8.81. The van der Waals surface area contributed by atoms with E-state index in [-0.39, 0.29) is 17.6 Å². The number of amides is 1. The second-order valence-electron chi connectivity index (χ2n) is 6.91. The minimum atomic E-state index is -0.0352. The summed E-state index contributed by atoms with van der Waals surface area (Å²) < 4.78 is 7.83. The van der Waals surface area contributed by atoms with Gasteiger partial charge >= 0.3 is 0 Å². The lowest BCUT2D eigenvalue weighted by Gasteiger charge is -2.37. The van der Waals surface area contributed by atoms with Gasteiger partial charge in [-0.1, -0.05) is 30.3 Å². The fourth-order valence-corrected chi connectivity index (χ4v) is 5.00. The van der Waals surface area contributed by atoms with Crippen LogP contribution in [0.5, 0.6) is 0 Å². The number of ether oxygens (including phenoxy) is 1. The molecule has 2 aromatic rings. The van der Waals surface area contributed by atoms with Crippen molar-refractivity contribution < 1.29 is 9.53 Å². The van der Waals surface area contributed by atoms with Crippen molar-refractivity contribution in [2.75, 3.05) is 18.1 Å². The molecule has 1 N–H and O–H groups in total. The first kappa shape index (κ1) is 16.7. The van der Waals surface area contributed by atoms with Gasteiger partial charge in [0.05, 0.1) is 23.9 Å². The van der Waals surface area contributed by atoms with Crippen molar-refractivity contribution in [1.29, 1.82) is 0 Å². The summed E-state index contributed by atoms with van der Waals surface area (Å²) in [7, 11) is 0. The molecule has 3 heterocycles. The highest BCUT2D eigenvalue weighted by Crippen LogP contribution is 2.38. The molecule has 1 aromatic heterocycles.